The topological polar surface area (TPSA) is 115 Å². The van der Waals surface area contributed by atoms with Crippen molar-refractivity contribution in [1.29, 1.82) is 5.41 Å². The molecule has 224 valence electrons. The Labute approximate surface area is 255 Å². The van der Waals surface area contributed by atoms with E-state index in [1.54, 1.807) is 18.1 Å². The molecule has 0 radical (unpaired) electrons. The van der Waals surface area contributed by atoms with Crippen LogP contribution in [0.25, 0.3) is 16.7 Å². The van der Waals surface area contributed by atoms with E-state index in [2.05, 4.69) is 5.32 Å². The molecule has 2 aliphatic heterocycles. The zero-order chi connectivity index (χ0) is 30.8. The summed E-state index contributed by atoms with van der Waals surface area (Å²) in [5.41, 5.74) is 1.10. The van der Waals surface area contributed by atoms with Crippen LogP contribution in [0.2, 0.25) is 10.0 Å². The number of carboxylic acid groups (broad SMARTS) is 1. The van der Waals surface area contributed by atoms with Crippen molar-refractivity contribution in [2.24, 2.45) is 0 Å². The Hall–Kier alpha value is -4.19. The van der Waals surface area contributed by atoms with Crippen LogP contribution < -0.4 is 15.0 Å². The van der Waals surface area contributed by atoms with Crippen molar-refractivity contribution in [3.63, 3.8) is 0 Å². The lowest BCUT2D eigenvalue weighted by Crippen LogP contribution is -2.38. The number of nitrogens with one attached hydrogen (secondary N) is 2. The van der Waals surface area contributed by atoms with E-state index >= 15 is 8.78 Å². The fourth-order valence-electron chi connectivity index (χ4n) is 5.12. The Morgan fingerprint density at radius 3 is 2.40 bits per heavy atom. The van der Waals surface area contributed by atoms with Crippen molar-refractivity contribution in [2.75, 3.05) is 45.0 Å². The number of halogens is 4. The van der Waals surface area contributed by atoms with Crippen LogP contribution >= 0.6 is 23.2 Å². The number of amides is 1. The Morgan fingerprint density at radius 1 is 1.07 bits per heavy atom. The highest BCUT2D eigenvalue weighted by Gasteiger charge is 2.31. The van der Waals surface area contributed by atoms with Gasteiger partial charge in [0.25, 0.3) is 5.91 Å². The van der Waals surface area contributed by atoms with Crippen LogP contribution in [-0.4, -0.2) is 68.2 Å². The van der Waals surface area contributed by atoms with Gasteiger partial charge in [0.1, 0.15) is 17.4 Å². The largest absolute Gasteiger partial charge is 0.478 e. The van der Waals surface area contributed by atoms with Crippen LogP contribution in [0.5, 0.6) is 5.75 Å². The molecular formula is C30H26Cl2F2N4O5. The third kappa shape index (κ3) is 5.88. The average molecular weight is 631 g/mol. The maximum Gasteiger partial charge on any atom is 0.337 e. The number of fused-ring (bicyclic) bond motifs is 1. The van der Waals surface area contributed by atoms with Crippen LogP contribution in [0.3, 0.4) is 0 Å². The number of aromatic carboxylic acids is 1. The van der Waals surface area contributed by atoms with Crippen molar-refractivity contribution in [3.05, 3.63) is 86.5 Å². The van der Waals surface area contributed by atoms with Gasteiger partial charge >= 0.3 is 5.97 Å². The van der Waals surface area contributed by atoms with Gasteiger partial charge < -0.3 is 35.1 Å². The van der Waals surface area contributed by atoms with Crippen molar-refractivity contribution in [3.8, 4) is 16.9 Å². The summed E-state index contributed by atoms with van der Waals surface area (Å²) >= 11 is 12.9. The van der Waals surface area contributed by atoms with Crippen molar-refractivity contribution < 1.29 is 33.0 Å². The highest BCUT2D eigenvalue weighted by molar-refractivity contribution is 6.40. The Morgan fingerprint density at radius 2 is 1.77 bits per heavy atom. The third-order valence-corrected chi connectivity index (χ3v) is 7.78. The quantitative estimate of drug-likeness (QED) is 0.288. The Bertz CT molecular complexity index is 1640. The normalized spacial score (nSPS) is 15.0. The molecule has 1 amide bonds. The maximum atomic E-state index is 15.4. The van der Waals surface area contributed by atoms with E-state index in [4.69, 9.17) is 38.1 Å². The van der Waals surface area contributed by atoms with E-state index in [-0.39, 0.29) is 57.0 Å². The van der Waals surface area contributed by atoms with Crippen LogP contribution in [-0.2, 0) is 11.3 Å². The number of carbonyl (C=O) groups excluding carboxylic acids is 1. The molecule has 3 aromatic rings. The standard InChI is InChI=1S/C30H26Cl2F2N4O5/c1-36-13-18(12-35)17-8-21(31)27(22(32)9-17)29(39)38-14-16-2-3-23(33)26(28(16)43-15-38)19-11-25(37-4-6-42-7-5-37)20(30(40)41)10-24(19)34/h2-3,8-13,35-36H,4-7,14-15H2,1H3,(H,40,41)/b18-13+,35-12?. The number of rotatable bonds is 7. The first kappa shape index (κ1) is 30.3. The molecule has 9 nitrogen and oxygen atoms in total. The first-order valence-corrected chi connectivity index (χ1v) is 13.9. The molecule has 3 N–H and O–H groups in total. The van der Waals surface area contributed by atoms with Crippen LogP contribution in [0.4, 0.5) is 14.5 Å². The van der Waals surface area contributed by atoms with E-state index in [0.29, 0.717) is 43.0 Å². The van der Waals surface area contributed by atoms with Crippen molar-refractivity contribution >= 4 is 52.6 Å². The number of allylic oxidation sites excluding steroid dienone is 1. The molecule has 0 spiro atoms. The van der Waals surface area contributed by atoms with Gasteiger partial charge in [-0.15, -0.1) is 0 Å². The van der Waals surface area contributed by atoms with E-state index in [1.807, 2.05) is 0 Å². The summed E-state index contributed by atoms with van der Waals surface area (Å²) in [6.07, 6.45) is 2.71. The number of morpholine rings is 1. The van der Waals surface area contributed by atoms with E-state index in [9.17, 15) is 14.7 Å². The predicted octanol–water partition coefficient (Wildman–Crippen LogP) is 5.68. The van der Waals surface area contributed by atoms with Gasteiger partial charge in [-0.05, 0) is 35.9 Å². The van der Waals surface area contributed by atoms with Gasteiger partial charge in [0.05, 0.1) is 52.2 Å². The summed E-state index contributed by atoms with van der Waals surface area (Å²) in [7, 11) is 1.68. The van der Waals surface area contributed by atoms with Gasteiger partial charge in [-0.25, -0.2) is 13.6 Å². The molecule has 1 fully saturated rings. The van der Waals surface area contributed by atoms with Crippen LogP contribution in [0.15, 0.2) is 42.6 Å². The van der Waals surface area contributed by atoms with Gasteiger partial charge in [0.15, 0.2) is 6.73 Å². The Kier molecular flexibility index (Phi) is 8.86. The molecule has 13 heteroatoms. The average Bonchev–Trinajstić information content (AvgIpc) is 2.99. The van der Waals surface area contributed by atoms with Gasteiger partial charge in [0, 0.05) is 49.3 Å². The number of benzene rings is 3. The highest BCUT2D eigenvalue weighted by atomic mass is 35.5. The van der Waals surface area contributed by atoms with Gasteiger partial charge in [-0.2, -0.15) is 0 Å². The summed E-state index contributed by atoms with van der Waals surface area (Å²) in [4.78, 5) is 28.5. The van der Waals surface area contributed by atoms with Crippen molar-refractivity contribution in [1.82, 2.24) is 10.2 Å². The fraction of sp³-hybridized carbons (Fsp3) is 0.233. The molecule has 0 unspecified atom stereocenters. The van der Waals surface area contributed by atoms with Crippen molar-refractivity contribution in [2.45, 2.75) is 6.54 Å². The van der Waals surface area contributed by atoms with Gasteiger partial charge in [0.2, 0.25) is 0 Å². The van der Waals surface area contributed by atoms with E-state index in [0.717, 1.165) is 18.3 Å². The first-order chi connectivity index (χ1) is 20.6. The first-order valence-electron chi connectivity index (χ1n) is 13.1. The van der Waals surface area contributed by atoms with Crippen LogP contribution in [0.1, 0.15) is 31.8 Å². The minimum absolute atomic E-state index is 0.0214. The number of carboxylic acids is 1. The lowest BCUT2D eigenvalue weighted by Gasteiger charge is -2.32. The Balaban J connectivity index is 1.50. The smallest absolute Gasteiger partial charge is 0.337 e. The number of anilines is 1. The predicted molar refractivity (Wildman–Crippen MR) is 159 cm³/mol. The van der Waals surface area contributed by atoms with E-state index in [1.165, 1.54) is 29.2 Å². The summed E-state index contributed by atoms with van der Waals surface area (Å²) in [6.45, 7) is 1.16. The molecule has 2 aliphatic rings. The molecular weight excluding hydrogens is 605 g/mol. The lowest BCUT2D eigenvalue weighted by molar-refractivity contribution is 0.0515. The van der Waals surface area contributed by atoms with Gasteiger partial charge in [-0.3, -0.25) is 4.79 Å². The molecule has 0 aliphatic carbocycles. The summed E-state index contributed by atoms with van der Waals surface area (Å²) in [5.74, 6) is -3.52. The fourth-order valence-corrected chi connectivity index (χ4v) is 5.77. The molecule has 0 bridgehead atoms. The number of nitrogens with zero attached hydrogens (tertiary/aromatic N) is 2. The monoisotopic (exact) mass is 630 g/mol. The lowest BCUT2D eigenvalue weighted by atomic mass is 9.96. The number of hydrogen-bond acceptors (Lipinski definition) is 7. The zero-order valence-corrected chi connectivity index (χ0v) is 24.4. The second-order valence-corrected chi connectivity index (χ2v) is 10.6. The summed E-state index contributed by atoms with van der Waals surface area (Å²) in [5, 5.41) is 20.3. The zero-order valence-electron chi connectivity index (χ0n) is 22.8. The minimum atomic E-state index is -1.31. The highest BCUT2D eigenvalue weighted by Crippen LogP contribution is 2.42. The number of hydrogen-bond donors (Lipinski definition) is 3. The van der Waals surface area contributed by atoms with Gasteiger partial charge in [-0.1, -0.05) is 29.3 Å². The molecule has 5 rings (SSSR count). The number of ether oxygens (including phenoxy) is 2. The second-order valence-electron chi connectivity index (χ2n) is 9.79. The molecule has 0 aromatic heterocycles. The summed E-state index contributed by atoms with van der Waals surface area (Å²) < 4.78 is 42.0. The molecule has 3 aromatic carbocycles. The third-order valence-electron chi connectivity index (χ3n) is 7.18. The van der Waals surface area contributed by atoms with E-state index < -0.39 is 23.5 Å². The molecule has 0 saturated carbocycles. The second kappa shape index (κ2) is 12.6. The maximum absolute atomic E-state index is 15.4. The number of carbonyl (C=O) groups is 2. The molecule has 0 atom stereocenters. The summed E-state index contributed by atoms with van der Waals surface area (Å²) in [6, 6.07) is 7.82. The SMILES string of the molecule is CN/C=C(\C=N)c1cc(Cl)c(C(=O)N2COc3c(ccc(F)c3-c3cc(N4CCOCC4)c(C(=O)O)cc3F)C2)c(Cl)c1. The molecule has 1 saturated heterocycles. The molecule has 2 heterocycles. The van der Waals surface area contributed by atoms with Crippen LogP contribution in [0, 0.1) is 17.0 Å². The molecule has 43 heavy (non-hydrogen) atoms. The minimum Gasteiger partial charge on any atom is -0.478 e.